The van der Waals surface area contributed by atoms with Gasteiger partial charge in [-0.05, 0) is 17.2 Å². The molecule has 0 unspecified atom stereocenters. The number of nitrogen functional groups attached to an aromatic ring is 1. The zero-order valence-corrected chi connectivity index (χ0v) is 16.1. The Labute approximate surface area is 162 Å². The number of aromatic nitrogens is 4. The minimum absolute atomic E-state index is 0.103. The Bertz CT molecular complexity index is 1020. The van der Waals surface area contributed by atoms with Gasteiger partial charge in [0.2, 0.25) is 5.95 Å². The van der Waals surface area contributed by atoms with Gasteiger partial charge in [0.15, 0.2) is 5.82 Å². The third-order valence-electron chi connectivity index (χ3n) is 5.04. The molecule has 3 aromatic rings. The maximum absolute atomic E-state index is 10.8. The van der Waals surface area contributed by atoms with Crippen molar-refractivity contribution in [3.63, 3.8) is 0 Å². The summed E-state index contributed by atoms with van der Waals surface area (Å²) in [6.07, 6.45) is 4.07. The van der Waals surface area contributed by atoms with E-state index in [2.05, 4.69) is 34.9 Å². The van der Waals surface area contributed by atoms with Crippen LogP contribution in [0.3, 0.4) is 0 Å². The van der Waals surface area contributed by atoms with Gasteiger partial charge >= 0.3 is 0 Å². The van der Waals surface area contributed by atoms with Gasteiger partial charge in [-0.2, -0.15) is 4.98 Å². The first-order valence-electron chi connectivity index (χ1n) is 8.62. The van der Waals surface area contributed by atoms with E-state index in [1.54, 1.807) is 12.5 Å². The van der Waals surface area contributed by atoms with Crippen LogP contribution in [-0.2, 0) is 12.5 Å². The van der Waals surface area contributed by atoms with Crippen molar-refractivity contribution in [1.82, 2.24) is 19.5 Å². The Morgan fingerprint density at radius 2 is 2.07 bits per heavy atom. The van der Waals surface area contributed by atoms with Crippen LogP contribution >= 0.6 is 11.6 Å². The molecule has 0 amide bonds. The van der Waals surface area contributed by atoms with Crippen molar-refractivity contribution in [1.29, 1.82) is 0 Å². The summed E-state index contributed by atoms with van der Waals surface area (Å²) >= 11 is 6.36. The molecule has 0 radical (unpaired) electrons. The van der Waals surface area contributed by atoms with Crippen molar-refractivity contribution >= 4 is 29.1 Å². The van der Waals surface area contributed by atoms with Crippen molar-refractivity contribution in [2.24, 2.45) is 7.05 Å². The Morgan fingerprint density at radius 1 is 1.30 bits per heavy atom. The number of aliphatic hydroxyl groups is 1. The number of aliphatic hydroxyl groups excluding tert-OH is 1. The molecule has 4 rings (SSSR count). The molecule has 27 heavy (non-hydrogen) atoms. The lowest BCUT2D eigenvalue weighted by Gasteiger charge is -2.22. The molecule has 0 saturated carbocycles. The molecule has 2 aromatic heterocycles. The SMILES string of the molecule is Cn1cncc1[C@H](O)c1ccc2c(c1)N(c1nc(N)ncc1Cl)CC2(C)C. The largest absolute Gasteiger partial charge is 0.382 e. The minimum atomic E-state index is -0.778. The number of hydrogen-bond acceptors (Lipinski definition) is 6. The van der Waals surface area contributed by atoms with E-state index >= 15 is 0 Å². The number of aryl methyl sites for hydroxylation is 1. The molecule has 8 heteroatoms. The Kier molecular flexibility index (Phi) is 4.09. The number of rotatable bonds is 3. The van der Waals surface area contributed by atoms with Crippen LogP contribution in [0.2, 0.25) is 5.02 Å². The van der Waals surface area contributed by atoms with Gasteiger partial charge in [-0.1, -0.05) is 37.6 Å². The smallest absolute Gasteiger partial charge is 0.222 e. The Hall–Kier alpha value is -2.64. The van der Waals surface area contributed by atoms with Crippen LogP contribution in [0.15, 0.2) is 36.9 Å². The summed E-state index contributed by atoms with van der Waals surface area (Å²) in [7, 11) is 1.86. The molecule has 140 valence electrons. The molecular weight excluding hydrogens is 364 g/mol. The molecule has 0 aliphatic carbocycles. The van der Waals surface area contributed by atoms with Gasteiger partial charge in [0.25, 0.3) is 0 Å². The van der Waals surface area contributed by atoms with Crippen molar-refractivity contribution in [2.45, 2.75) is 25.4 Å². The topological polar surface area (TPSA) is 93.1 Å². The second-order valence-electron chi connectivity index (χ2n) is 7.48. The predicted molar refractivity (Wildman–Crippen MR) is 105 cm³/mol. The van der Waals surface area contributed by atoms with Gasteiger partial charge in [0, 0.05) is 24.7 Å². The van der Waals surface area contributed by atoms with Crippen LogP contribution in [0.25, 0.3) is 0 Å². The highest BCUT2D eigenvalue weighted by Crippen LogP contribution is 2.46. The molecule has 7 nitrogen and oxygen atoms in total. The standard InChI is InChI=1S/C19H21ClN6O/c1-19(2)9-26(17-13(20)7-23-18(21)24-17)14-6-11(4-5-12(14)19)16(27)15-8-22-10-25(15)3/h4-8,10,16,27H,9H2,1-3H3,(H2,21,23,24)/t16-/m1/s1. The third kappa shape index (κ3) is 2.93. The average Bonchev–Trinajstić information content (AvgIpc) is 3.17. The van der Waals surface area contributed by atoms with Crippen LogP contribution in [-0.4, -0.2) is 31.2 Å². The molecule has 0 spiro atoms. The maximum atomic E-state index is 10.8. The van der Waals surface area contributed by atoms with E-state index in [4.69, 9.17) is 17.3 Å². The van der Waals surface area contributed by atoms with E-state index in [0.29, 0.717) is 17.4 Å². The molecule has 1 atom stereocenters. The fraction of sp³-hybridized carbons (Fsp3) is 0.316. The second kappa shape index (κ2) is 6.21. The third-order valence-corrected chi connectivity index (χ3v) is 5.31. The van der Waals surface area contributed by atoms with E-state index in [0.717, 1.165) is 22.5 Å². The fourth-order valence-corrected chi connectivity index (χ4v) is 3.82. The fourth-order valence-electron chi connectivity index (χ4n) is 3.63. The lowest BCUT2D eigenvalue weighted by molar-refractivity contribution is 0.211. The van der Waals surface area contributed by atoms with Gasteiger partial charge in [0.1, 0.15) is 11.1 Å². The molecule has 0 bridgehead atoms. The average molecular weight is 385 g/mol. The maximum Gasteiger partial charge on any atom is 0.222 e. The molecule has 1 aliphatic heterocycles. The monoisotopic (exact) mass is 384 g/mol. The molecule has 1 aliphatic rings. The predicted octanol–water partition coefficient (Wildman–Crippen LogP) is 2.96. The van der Waals surface area contributed by atoms with Gasteiger partial charge < -0.3 is 20.3 Å². The minimum Gasteiger partial charge on any atom is -0.382 e. The summed E-state index contributed by atoms with van der Waals surface area (Å²) in [5.41, 5.74) is 9.30. The molecule has 0 fully saturated rings. The number of halogens is 1. The first-order valence-corrected chi connectivity index (χ1v) is 9.00. The number of nitrogens with zero attached hydrogens (tertiary/aromatic N) is 5. The zero-order valence-electron chi connectivity index (χ0n) is 15.4. The van der Waals surface area contributed by atoms with Crippen LogP contribution < -0.4 is 10.6 Å². The number of anilines is 3. The van der Waals surface area contributed by atoms with Crippen molar-refractivity contribution in [2.75, 3.05) is 17.2 Å². The van der Waals surface area contributed by atoms with Gasteiger partial charge in [-0.3, -0.25) is 0 Å². The number of fused-ring (bicyclic) bond motifs is 1. The highest BCUT2D eigenvalue weighted by molar-refractivity contribution is 6.33. The van der Waals surface area contributed by atoms with E-state index in [1.165, 1.54) is 6.20 Å². The Morgan fingerprint density at radius 3 is 2.78 bits per heavy atom. The number of benzene rings is 1. The second-order valence-corrected chi connectivity index (χ2v) is 7.89. The normalized spacial score (nSPS) is 16.4. The summed E-state index contributed by atoms with van der Waals surface area (Å²) in [6, 6.07) is 6.00. The van der Waals surface area contributed by atoms with Crippen molar-refractivity contribution in [3.8, 4) is 0 Å². The van der Waals surface area contributed by atoms with E-state index in [1.807, 2.05) is 28.6 Å². The van der Waals surface area contributed by atoms with Crippen LogP contribution in [0, 0.1) is 0 Å². The number of nitrogens with two attached hydrogens (primary N) is 1. The van der Waals surface area contributed by atoms with Gasteiger partial charge in [-0.15, -0.1) is 0 Å². The molecule has 3 N–H and O–H groups in total. The van der Waals surface area contributed by atoms with Crippen LogP contribution in [0.4, 0.5) is 17.5 Å². The zero-order chi connectivity index (χ0) is 19.3. The van der Waals surface area contributed by atoms with Crippen molar-refractivity contribution in [3.05, 3.63) is 58.8 Å². The van der Waals surface area contributed by atoms with Crippen LogP contribution in [0.5, 0.6) is 0 Å². The summed E-state index contributed by atoms with van der Waals surface area (Å²) in [5.74, 6) is 0.745. The Balaban J connectivity index is 1.82. The molecule has 0 saturated heterocycles. The molecule has 1 aromatic carbocycles. The highest BCUT2D eigenvalue weighted by Gasteiger charge is 2.37. The lowest BCUT2D eigenvalue weighted by Crippen LogP contribution is -2.26. The first-order chi connectivity index (χ1) is 12.8. The van der Waals surface area contributed by atoms with Crippen molar-refractivity contribution < 1.29 is 5.11 Å². The van der Waals surface area contributed by atoms with Gasteiger partial charge in [0.05, 0.1) is 24.4 Å². The summed E-state index contributed by atoms with van der Waals surface area (Å²) < 4.78 is 1.81. The molecular formula is C19H21ClN6O. The summed E-state index contributed by atoms with van der Waals surface area (Å²) in [6.45, 7) is 5.03. The van der Waals surface area contributed by atoms with E-state index in [9.17, 15) is 5.11 Å². The van der Waals surface area contributed by atoms with E-state index < -0.39 is 6.10 Å². The first kappa shape index (κ1) is 17.8. The summed E-state index contributed by atoms with van der Waals surface area (Å²) in [5, 5.41) is 11.3. The number of imidazole rings is 1. The van der Waals surface area contributed by atoms with Gasteiger partial charge in [-0.25, -0.2) is 9.97 Å². The van der Waals surface area contributed by atoms with Crippen LogP contribution in [0.1, 0.15) is 36.8 Å². The summed E-state index contributed by atoms with van der Waals surface area (Å²) in [4.78, 5) is 14.4. The highest BCUT2D eigenvalue weighted by atomic mass is 35.5. The number of hydrogen-bond donors (Lipinski definition) is 2. The quantitative estimate of drug-likeness (QED) is 0.721. The lowest BCUT2D eigenvalue weighted by atomic mass is 9.86. The molecule has 3 heterocycles. The van der Waals surface area contributed by atoms with E-state index in [-0.39, 0.29) is 11.4 Å².